The van der Waals surface area contributed by atoms with E-state index in [9.17, 15) is 4.39 Å². The van der Waals surface area contributed by atoms with E-state index in [1.807, 2.05) is 31.2 Å². The molecule has 0 fully saturated rings. The van der Waals surface area contributed by atoms with Gasteiger partial charge >= 0.3 is 0 Å². The number of aromatic nitrogens is 2. The van der Waals surface area contributed by atoms with Crippen molar-refractivity contribution in [3.63, 3.8) is 0 Å². The lowest BCUT2D eigenvalue weighted by Crippen LogP contribution is -2.07. The zero-order chi connectivity index (χ0) is 16.9. The second-order valence-electron chi connectivity index (χ2n) is 5.39. The zero-order valence-corrected chi connectivity index (χ0v) is 13.2. The molecule has 0 bridgehead atoms. The Morgan fingerprint density at radius 2 is 1.88 bits per heavy atom. The first-order valence-electron chi connectivity index (χ1n) is 7.57. The van der Waals surface area contributed by atoms with Gasteiger partial charge in [-0.15, -0.1) is 6.42 Å². The van der Waals surface area contributed by atoms with Crippen LogP contribution in [0, 0.1) is 18.2 Å². The van der Waals surface area contributed by atoms with Crippen LogP contribution in [0.15, 0.2) is 60.9 Å². The molecule has 3 rings (SSSR count). The Bertz CT molecular complexity index is 865. The van der Waals surface area contributed by atoms with Crippen molar-refractivity contribution < 1.29 is 4.39 Å². The van der Waals surface area contributed by atoms with Gasteiger partial charge in [0.15, 0.2) is 0 Å². The Morgan fingerprint density at radius 1 is 1.08 bits per heavy atom. The van der Waals surface area contributed by atoms with Crippen LogP contribution < -0.4 is 5.32 Å². The number of nitrogens with zero attached hydrogens (tertiary/aromatic N) is 2. The van der Waals surface area contributed by atoms with Crippen molar-refractivity contribution in [2.45, 2.75) is 13.0 Å². The molecule has 0 amide bonds. The molecule has 0 saturated carbocycles. The summed E-state index contributed by atoms with van der Waals surface area (Å²) in [6, 6.07) is 14.1. The lowest BCUT2D eigenvalue weighted by atomic mass is 10.1. The molecule has 0 aliphatic rings. The minimum Gasteiger partial charge on any atom is -0.364 e. The molecule has 0 spiro atoms. The average Bonchev–Trinajstić information content (AvgIpc) is 2.63. The average molecular weight is 317 g/mol. The second kappa shape index (κ2) is 6.93. The highest BCUT2D eigenvalue weighted by Gasteiger charge is 2.08. The quantitative estimate of drug-likeness (QED) is 0.723. The predicted octanol–water partition coefficient (Wildman–Crippen LogP) is 4.44. The summed E-state index contributed by atoms with van der Waals surface area (Å²) in [5.74, 6) is 3.08. The minimum atomic E-state index is -0.241. The number of hydrogen-bond acceptors (Lipinski definition) is 3. The first kappa shape index (κ1) is 15.7. The van der Waals surface area contributed by atoms with Gasteiger partial charge in [-0.2, -0.15) is 0 Å². The second-order valence-corrected chi connectivity index (χ2v) is 5.39. The number of pyridine rings is 2. The molecule has 118 valence electrons. The Kier molecular flexibility index (Phi) is 4.53. The Hall–Kier alpha value is -3.19. The summed E-state index contributed by atoms with van der Waals surface area (Å²) in [7, 11) is 0. The smallest absolute Gasteiger partial charge is 0.126 e. The van der Waals surface area contributed by atoms with E-state index in [2.05, 4.69) is 21.2 Å². The Morgan fingerprint density at radius 3 is 2.54 bits per heavy atom. The SMILES string of the molecule is C#Cc1ncccc1-c1ccc(NC(C)c2ccc(F)cc2)nc1. The Labute approximate surface area is 140 Å². The standard InChI is InChI=1S/C20H16FN3/c1-3-19-18(5-4-12-22-19)16-8-11-20(23-13-16)24-14(2)15-6-9-17(21)10-7-15/h1,4-14H,2H3,(H,23,24). The van der Waals surface area contributed by atoms with Gasteiger partial charge in [-0.25, -0.2) is 14.4 Å². The van der Waals surface area contributed by atoms with E-state index in [4.69, 9.17) is 6.42 Å². The summed E-state index contributed by atoms with van der Waals surface area (Å²) in [6.45, 7) is 2.00. The maximum Gasteiger partial charge on any atom is 0.126 e. The van der Waals surface area contributed by atoms with Crippen molar-refractivity contribution in [2.75, 3.05) is 5.32 Å². The molecule has 4 heteroatoms. The molecule has 1 atom stereocenters. The van der Waals surface area contributed by atoms with E-state index >= 15 is 0 Å². The molecule has 1 unspecified atom stereocenters. The van der Waals surface area contributed by atoms with Crippen LogP contribution in [0.4, 0.5) is 10.2 Å². The Balaban J connectivity index is 1.77. The maximum absolute atomic E-state index is 13.0. The van der Waals surface area contributed by atoms with Gasteiger partial charge in [-0.05, 0) is 54.8 Å². The molecule has 2 aromatic heterocycles. The molecule has 2 heterocycles. The third-order valence-corrected chi connectivity index (χ3v) is 3.75. The van der Waals surface area contributed by atoms with Crippen LogP contribution in [0.25, 0.3) is 11.1 Å². The van der Waals surface area contributed by atoms with Gasteiger partial charge in [-0.1, -0.05) is 12.1 Å². The van der Waals surface area contributed by atoms with Gasteiger partial charge in [0.25, 0.3) is 0 Å². The van der Waals surface area contributed by atoms with Gasteiger partial charge in [0.2, 0.25) is 0 Å². The van der Waals surface area contributed by atoms with Crippen molar-refractivity contribution in [3.05, 3.63) is 78.0 Å². The third-order valence-electron chi connectivity index (χ3n) is 3.75. The van der Waals surface area contributed by atoms with Gasteiger partial charge < -0.3 is 5.32 Å². The highest BCUT2D eigenvalue weighted by molar-refractivity contribution is 5.69. The largest absolute Gasteiger partial charge is 0.364 e. The zero-order valence-electron chi connectivity index (χ0n) is 13.2. The fourth-order valence-corrected chi connectivity index (χ4v) is 2.45. The van der Waals surface area contributed by atoms with Gasteiger partial charge in [-0.3, -0.25) is 0 Å². The number of hydrogen-bond donors (Lipinski definition) is 1. The summed E-state index contributed by atoms with van der Waals surface area (Å²) >= 11 is 0. The summed E-state index contributed by atoms with van der Waals surface area (Å²) in [4.78, 5) is 8.61. The van der Waals surface area contributed by atoms with Crippen LogP contribution in [-0.2, 0) is 0 Å². The maximum atomic E-state index is 13.0. The van der Waals surface area contributed by atoms with Crippen LogP contribution in [0.3, 0.4) is 0 Å². The van der Waals surface area contributed by atoms with E-state index < -0.39 is 0 Å². The number of nitrogens with one attached hydrogen (secondary N) is 1. The van der Waals surface area contributed by atoms with Crippen molar-refractivity contribution in [1.29, 1.82) is 0 Å². The van der Waals surface area contributed by atoms with E-state index in [0.717, 1.165) is 22.5 Å². The highest BCUT2D eigenvalue weighted by atomic mass is 19.1. The molecule has 24 heavy (non-hydrogen) atoms. The van der Waals surface area contributed by atoms with Gasteiger partial charge in [0.05, 0.1) is 0 Å². The first-order valence-corrected chi connectivity index (χ1v) is 7.57. The van der Waals surface area contributed by atoms with Crippen molar-refractivity contribution in [3.8, 4) is 23.5 Å². The number of halogens is 1. The van der Waals surface area contributed by atoms with Crippen LogP contribution >= 0.6 is 0 Å². The van der Waals surface area contributed by atoms with Crippen molar-refractivity contribution in [1.82, 2.24) is 9.97 Å². The molecular formula is C20H16FN3. The molecule has 0 radical (unpaired) electrons. The normalized spacial score (nSPS) is 11.5. The van der Waals surface area contributed by atoms with Crippen LogP contribution in [0.1, 0.15) is 24.2 Å². The summed E-state index contributed by atoms with van der Waals surface area (Å²) in [5.41, 5.74) is 3.38. The van der Waals surface area contributed by atoms with E-state index in [0.29, 0.717) is 5.69 Å². The lowest BCUT2D eigenvalue weighted by Gasteiger charge is -2.15. The summed E-state index contributed by atoms with van der Waals surface area (Å²) < 4.78 is 13.0. The minimum absolute atomic E-state index is 0.0172. The van der Waals surface area contributed by atoms with Crippen LogP contribution in [0.2, 0.25) is 0 Å². The molecule has 3 aromatic rings. The molecule has 1 aromatic carbocycles. The van der Waals surface area contributed by atoms with Crippen molar-refractivity contribution >= 4 is 5.82 Å². The monoisotopic (exact) mass is 317 g/mol. The topological polar surface area (TPSA) is 37.8 Å². The predicted molar refractivity (Wildman–Crippen MR) is 93.8 cm³/mol. The fourth-order valence-electron chi connectivity index (χ4n) is 2.45. The molecule has 3 nitrogen and oxygen atoms in total. The number of benzene rings is 1. The highest BCUT2D eigenvalue weighted by Crippen LogP contribution is 2.23. The molecular weight excluding hydrogens is 301 g/mol. The van der Waals surface area contributed by atoms with Gasteiger partial charge in [0, 0.05) is 29.6 Å². The van der Waals surface area contributed by atoms with Crippen LogP contribution in [0.5, 0.6) is 0 Å². The van der Waals surface area contributed by atoms with E-state index in [1.54, 1.807) is 24.5 Å². The summed E-state index contributed by atoms with van der Waals surface area (Å²) in [6.07, 6.45) is 8.92. The molecule has 0 aliphatic carbocycles. The van der Waals surface area contributed by atoms with Gasteiger partial charge in [0.1, 0.15) is 17.3 Å². The number of terminal acetylenes is 1. The molecule has 1 N–H and O–H groups in total. The first-order chi connectivity index (χ1) is 11.7. The number of anilines is 1. The molecule has 0 aliphatic heterocycles. The fraction of sp³-hybridized carbons (Fsp3) is 0.100. The summed E-state index contributed by atoms with van der Waals surface area (Å²) in [5, 5.41) is 3.30. The third kappa shape index (κ3) is 3.41. The van der Waals surface area contributed by atoms with Crippen LogP contribution in [-0.4, -0.2) is 9.97 Å². The van der Waals surface area contributed by atoms with Crippen molar-refractivity contribution in [2.24, 2.45) is 0 Å². The van der Waals surface area contributed by atoms with E-state index in [-0.39, 0.29) is 11.9 Å². The lowest BCUT2D eigenvalue weighted by molar-refractivity contribution is 0.626. The number of rotatable bonds is 4. The van der Waals surface area contributed by atoms with E-state index in [1.165, 1.54) is 12.1 Å². The molecule has 0 saturated heterocycles.